The van der Waals surface area contributed by atoms with Crippen LogP contribution in [0.4, 0.5) is 11.9 Å². The molecule has 0 unspecified atom stereocenters. The number of primary amides is 1. The summed E-state index contributed by atoms with van der Waals surface area (Å²) in [5.41, 5.74) is 5.57. The number of benzene rings is 1. The lowest BCUT2D eigenvalue weighted by Crippen LogP contribution is -2.30. The Hall–Kier alpha value is -4.52. The van der Waals surface area contributed by atoms with Crippen molar-refractivity contribution in [3.63, 3.8) is 0 Å². The van der Waals surface area contributed by atoms with Gasteiger partial charge in [0.25, 0.3) is 11.8 Å². The second-order valence-electron chi connectivity index (χ2n) is 7.96. The van der Waals surface area contributed by atoms with Gasteiger partial charge in [0.15, 0.2) is 11.5 Å². The molecule has 0 atom stereocenters. The summed E-state index contributed by atoms with van der Waals surface area (Å²) in [6.07, 6.45) is 4.69. The molecular formula is C25H33N9O4. The van der Waals surface area contributed by atoms with Gasteiger partial charge in [-0.3, -0.25) is 9.59 Å². The summed E-state index contributed by atoms with van der Waals surface area (Å²) >= 11 is 0. The molecule has 2 heterocycles. The molecule has 2 amide bonds. The Bertz CT molecular complexity index is 1180. The smallest absolute Gasteiger partial charge is 0.270 e. The van der Waals surface area contributed by atoms with Crippen molar-refractivity contribution in [2.24, 2.45) is 5.73 Å². The minimum Gasteiger partial charge on any atom is -0.493 e. The Balaban J connectivity index is 1.26. The topological polar surface area (TPSA) is 178 Å². The van der Waals surface area contributed by atoms with Crippen molar-refractivity contribution in [3.05, 3.63) is 60.2 Å². The SMILES string of the molecule is COc1ccccc1OCCCNCCCNc1nccc(C(=O)NCCNc2nccc(C(N)=O)n2)n1. The highest BCUT2D eigenvalue weighted by Crippen LogP contribution is 2.25. The van der Waals surface area contributed by atoms with Gasteiger partial charge >= 0.3 is 0 Å². The molecule has 2 aromatic heterocycles. The monoisotopic (exact) mass is 523 g/mol. The van der Waals surface area contributed by atoms with Crippen molar-refractivity contribution >= 4 is 23.7 Å². The van der Waals surface area contributed by atoms with Crippen molar-refractivity contribution in [1.29, 1.82) is 0 Å². The van der Waals surface area contributed by atoms with Gasteiger partial charge in [-0.25, -0.2) is 19.9 Å². The maximum Gasteiger partial charge on any atom is 0.270 e. The van der Waals surface area contributed by atoms with E-state index in [4.69, 9.17) is 15.2 Å². The molecule has 0 saturated heterocycles. The van der Waals surface area contributed by atoms with Crippen LogP contribution in [0.15, 0.2) is 48.8 Å². The highest BCUT2D eigenvalue weighted by molar-refractivity contribution is 5.92. The fraction of sp³-hybridized carbons (Fsp3) is 0.360. The van der Waals surface area contributed by atoms with Crippen LogP contribution in [0.25, 0.3) is 0 Å². The molecule has 0 radical (unpaired) electrons. The zero-order chi connectivity index (χ0) is 27.0. The Morgan fingerprint density at radius 3 is 2.21 bits per heavy atom. The number of carbonyl (C=O) groups excluding carboxylic acids is 2. The van der Waals surface area contributed by atoms with E-state index in [9.17, 15) is 9.59 Å². The summed E-state index contributed by atoms with van der Waals surface area (Å²) in [4.78, 5) is 40.0. The average molecular weight is 524 g/mol. The van der Waals surface area contributed by atoms with Gasteiger partial charge in [0.05, 0.1) is 13.7 Å². The lowest BCUT2D eigenvalue weighted by atomic mass is 10.3. The minimum absolute atomic E-state index is 0.109. The van der Waals surface area contributed by atoms with Gasteiger partial charge in [-0.1, -0.05) is 12.1 Å². The van der Waals surface area contributed by atoms with Crippen LogP contribution in [0, 0.1) is 0 Å². The lowest BCUT2D eigenvalue weighted by Gasteiger charge is -2.11. The van der Waals surface area contributed by atoms with Crippen LogP contribution in [0.3, 0.4) is 0 Å². The number of methoxy groups -OCH3 is 1. The van der Waals surface area contributed by atoms with E-state index in [0.717, 1.165) is 37.4 Å². The molecule has 0 aliphatic carbocycles. The van der Waals surface area contributed by atoms with E-state index in [0.29, 0.717) is 32.2 Å². The maximum atomic E-state index is 12.4. The van der Waals surface area contributed by atoms with E-state index < -0.39 is 5.91 Å². The molecular weight excluding hydrogens is 490 g/mol. The van der Waals surface area contributed by atoms with E-state index in [2.05, 4.69) is 41.2 Å². The zero-order valence-electron chi connectivity index (χ0n) is 21.3. The van der Waals surface area contributed by atoms with Crippen molar-refractivity contribution in [1.82, 2.24) is 30.6 Å². The molecule has 0 saturated carbocycles. The first-order valence-electron chi connectivity index (χ1n) is 12.2. The van der Waals surface area contributed by atoms with E-state index in [-0.39, 0.29) is 23.2 Å². The number of carbonyl (C=O) groups is 2. The second-order valence-corrected chi connectivity index (χ2v) is 7.96. The molecule has 13 heteroatoms. The molecule has 202 valence electrons. The third-order valence-corrected chi connectivity index (χ3v) is 5.13. The summed E-state index contributed by atoms with van der Waals surface area (Å²) in [7, 11) is 1.63. The van der Waals surface area contributed by atoms with Gasteiger partial charge in [-0.2, -0.15) is 0 Å². The quantitative estimate of drug-likeness (QED) is 0.160. The third kappa shape index (κ3) is 9.50. The molecule has 0 fully saturated rings. The number of nitrogens with two attached hydrogens (primary N) is 1. The highest BCUT2D eigenvalue weighted by atomic mass is 16.5. The summed E-state index contributed by atoms with van der Waals surface area (Å²) in [6, 6.07) is 10.6. The number of anilines is 2. The van der Waals surface area contributed by atoms with E-state index >= 15 is 0 Å². The number of amides is 2. The molecule has 0 bridgehead atoms. The van der Waals surface area contributed by atoms with Gasteiger partial charge in [-0.15, -0.1) is 0 Å². The number of hydrogen-bond donors (Lipinski definition) is 5. The molecule has 13 nitrogen and oxygen atoms in total. The number of nitrogens with one attached hydrogen (secondary N) is 4. The van der Waals surface area contributed by atoms with Crippen LogP contribution in [0.1, 0.15) is 33.8 Å². The molecule has 6 N–H and O–H groups in total. The first-order chi connectivity index (χ1) is 18.6. The largest absolute Gasteiger partial charge is 0.493 e. The maximum absolute atomic E-state index is 12.4. The standard InChI is InChI=1S/C25H33N9O4/c1-37-20-6-2-3-7-21(20)38-17-5-11-27-10-4-12-29-24-31-14-9-19(34-24)23(36)28-15-16-32-25-30-13-8-18(33-25)22(26)35/h2-3,6-9,13-14,27H,4-5,10-12,15-17H2,1H3,(H2,26,35)(H,28,36)(H,29,31,34)(H,30,32,33). The number of para-hydroxylation sites is 2. The van der Waals surface area contributed by atoms with Crippen molar-refractivity contribution in [2.75, 3.05) is 57.1 Å². The summed E-state index contributed by atoms with van der Waals surface area (Å²) < 4.78 is 11.0. The molecule has 38 heavy (non-hydrogen) atoms. The van der Waals surface area contributed by atoms with Gasteiger partial charge < -0.3 is 36.5 Å². The van der Waals surface area contributed by atoms with Crippen LogP contribution in [0.2, 0.25) is 0 Å². The Kier molecular flexibility index (Phi) is 11.5. The number of nitrogens with zero attached hydrogens (tertiary/aromatic N) is 4. The predicted molar refractivity (Wildman–Crippen MR) is 142 cm³/mol. The Morgan fingerprint density at radius 2 is 1.47 bits per heavy atom. The number of ether oxygens (including phenoxy) is 2. The number of hydrogen-bond acceptors (Lipinski definition) is 11. The summed E-state index contributed by atoms with van der Waals surface area (Å²) in [5.74, 6) is 1.14. The number of aromatic nitrogens is 4. The fourth-order valence-electron chi connectivity index (χ4n) is 3.25. The Morgan fingerprint density at radius 1 is 0.816 bits per heavy atom. The third-order valence-electron chi connectivity index (χ3n) is 5.13. The summed E-state index contributed by atoms with van der Waals surface area (Å²) in [5, 5.41) is 12.2. The molecule has 3 aromatic rings. The number of rotatable bonds is 17. The fourth-order valence-corrected chi connectivity index (χ4v) is 3.25. The van der Waals surface area contributed by atoms with E-state index in [1.54, 1.807) is 13.2 Å². The van der Waals surface area contributed by atoms with Crippen molar-refractivity contribution < 1.29 is 19.1 Å². The van der Waals surface area contributed by atoms with Crippen LogP contribution < -0.4 is 36.5 Å². The van der Waals surface area contributed by atoms with E-state index in [1.165, 1.54) is 18.5 Å². The molecule has 3 rings (SSSR count). The van der Waals surface area contributed by atoms with Crippen LogP contribution in [0.5, 0.6) is 11.5 Å². The first-order valence-corrected chi connectivity index (χ1v) is 12.2. The van der Waals surface area contributed by atoms with Crippen molar-refractivity contribution in [3.8, 4) is 11.5 Å². The van der Waals surface area contributed by atoms with E-state index in [1.807, 2.05) is 24.3 Å². The van der Waals surface area contributed by atoms with Gasteiger partial charge in [0, 0.05) is 32.0 Å². The van der Waals surface area contributed by atoms with Gasteiger partial charge in [0.1, 0.15) is 11.4 Å². The lowest BCUT2D eigenvalue weighted by molar-refractivity contribution is 0.0949. The highest BCUT2D eigenvalue weighted by Gasteiger charge is 2.09. The van der Waals surface area contributed by atoms with Crippen LogP contribution >= 0.6 is 0 Å². The minimum atomic E-state index is -0.639. The van der Waals surface area contributed by atoms with Crippen LogP contribution in [-0.2, 0) is 0 Å². The van der Waals surface area contributed by atoms with Gasteiger partial charge in [-0.05, 0) is 50.2 Å². The summed E-state index contributed by atoms with van der Waals surface area (Å²) in [6.45, 7) is 3.56. The zero-order valence-corrected chi connectivity index (χ0v) is 21.3. The van der Waals surface area contributed by atoms with Gasteiger partial charge in [0.2, 0.25) is 11.9 Å². The molecule has 1 aromatic carbocycles. The first kappa shape index (κ1) is 28.1. The second kappa shape index (κ2) is 15.6. The van der Waals surface area contributed by atoms with Crippen molar-refractivity contribution in [2.45, 2.75) is 12.8 Å². The molecule has 0 spiro atoms. The van der Waals surface area contributed by atoms with Crippen LogP contribution in [-0.4, -0.2) is 78.2 Å². The normalized spacial score (nSPS) is 10.4. The average Bonchev–Trinajstić information content (AvgIpc) is 2.94. The molecule has 0 aliphatic rings. The Labute approximate surface area is 221 Å². The predicted octanol–water partition coefficient (Wildman–Crippen LogP) is 1.08. The molecule has 0 aliphatic heterocycles.